The van der Waals surface area contributed by atoms with Crippen molar-refractivity contribution in [2.75, 3.05) is 6.54 Å². The van der Waals surface area contributed by atoms with Gasteiger partial charge in [-0.3, -0.25) is 4.98 Å². The fourth-order valence-electron chi connectivity index (χ4n) is 2.20. The summed E-state index contributed by atoms with van der Waals surface area (Å²) in [5, 5.41) is 3.63. The monoisotopic (exact) mass is 278 g/mol. The second-order valence-electron chi connectivity index (χ2n) is 6.89. The van der Waals surface area contributed by atoms with Crippen LogP contribution < -0.4 is 10.1 Å². The van der Waals surface area contributed by atoms with Crippen LogP contribution in [0.3, 0.4) is 0 Å². The molecule has 1 atom stereocenters. The zero-order chi connectivity index (χ0) is 15.2. The Kier molecular flexibility index (Phi) is 6.47. The van der Waals surface area contributed by atoms with Gasteiger partial charge in [0, 0.05) is 12.2 Å². The van der Waals surface area contributed by atoms with E-state index in [1.807, 2.05) is 20.0 Å². The van der Waals surface area contributed by atoms with Crippen LogP contribution in [0, 0.1) is 5.41 Å². The van der Waals surface area contributed by atoms with E-state index in [0.717, 1.165) is 25.1 Å². The first-order valence-electron chi connectivity index (χ1n) is 7.67. The summed E-state index contributed by atoms with van der Waals surface area (Å²) in [6, 6.07) is 2.45. The van der Waals surface area contributed by atoms with Gasteiger partial charge in [0.2, 0.25) is 0 Å². The molecule has 114 valence electrons. The van der Waals surface area contributed by atoms with Crippen molar-refractivity contribution in [2.45, 2.75) is 66.5 Å². The lowest BCUT2D eigenvalue weighted by atomic mass is 9.86. The Labute approximate surface area is 124 Å². The van der Waals surface area contributed by atoms with E-state index in [-0.39, 0.29) is 11.5 Å². The fraction of sp³-hybridized carbons (Fsp3) is 0.706. The molecule has 1 unspecified atom stereocenters. The molecule has 0 saturated carbocycles. The first kappa shape index (κ1) is 17.0. The lowest BCUT2D eigenvalue weighted by Crippen LogP contribution is -2.26. The molecule has 0 aliphatic rings. The summed E-state index contributed by atoms with van der Waals surface area (Å²) in [4.78, 5) is 4.33. The van der Waals surface area contributed by atoms with Crippen molar-refractivity contribution in [2.24, 2.45) is 5.41 Å². The van der Waals surface area contributed by atoms with Gasteiger partial charge in [0.25, 0.3) is 0 Å². The number of hydrogen-bond acceptors (Lipinski definition) is 3. The molecule has 0 aliphatic carbocycles. The number of ether oxygens (including phenoxy) is 1. The molecule has 1 aromatic rings. The lowest BCUT2D eigenvalue weighted by Gasteiger charge is -2.27. The Morgan fingerprint density at radius 1 is 1.25 bits per heavy atom. The van der Waals surface area contributed by atoms with Crippen LogP contribution in [0.2, 0.25) is 0 Å². The van der Waals surface area contributed by atoms with Gasteiger partial charge in [0.05, 0.1) is 12.3 Å². The van der Waals surface area contributed by atoms with Crippen LogP contribution in [0.25, 0.3) is 0 Å². The van der Waals surface area contributed by atoms with Crippen LogP contribution in [0.1, 0.15) is 66.0 Å². The predicted molar refractivity (Wildman–Crippen MR) is 85.1 cm³/mol. The van der Waals surface area contributed by atoms with Crippen molar-refractivity contribution in [1.29, 1.82) is 0 Å². The molecule has 1 N–H and O–H groups in total. The minimum atomic E-state index is 0.178. The zero-order valence-corrected chi connectivity index (χ0v) is 13.9. The van der Waals surface area contributed by atoms with E-state index in [4.69, 9.17) is 4.74 Å². The van der Waals surface area contributed by atoms with Crippen molar-refractivity contribution in [3.63, 3.8) is 0 Å². The third-order valence-electron chi connectivity index (χ3n) is 2.97. The molecular weight excluding hydrogens is 248 g/mol. The second-order valence-corrected chi connectivity index (χ2v) is 6.89. The van der Waals surface area contributed by atoms with Gasteiger partial charge in [-0.05, 0) is 50.3 Å². The average Bonchev–Trinajstić information content (AvgIpc) is 2.32. The van der Waals surface area contributed by atoms with Gasteiger partial charge >= 0.3 is 0 Å². The second kappa shape index (κ2) is 7.63. The van der Waals surface area contributed by atoms with E-state index in [2.05, 4.69) is 44.1 Å². The van der Waals surface area contributed by atoms with E-state index in [0.29, 0.717) is 6.04 Å². The van der Waals surface area contributed by atoms with Gasteiger partial charge in [0.15, 0.2) is 0 Å². The first-order chi connectivity index (χ1) is 9.31. The van der Waals surface area contributed by atoms with E-state index in [1.54, 1.807) is 6.20 Å². The molecule has 0 saturated heterocycles. The molecule has 0 radical (unpaired) electrons. The van der Waals surface area contributed by atoms with Gasteiger partial charge in [0.1, 0.15) is 5.75 Å². The summed E-state index contributed by atoms with van der Waals surface area (Å²) >= 11 is 0. The van der Waals surface area contributed by atoms with Crippen LogP contribution in [0.5, 0.6) is 5.75 Å². The molecule has 0 bridgehead atoms. The maximum atomic E-state index is 5.75. The zero-order valence-electron chi connectivity index (χ0n) is 13.9. The number of aromatic nitrogens is 1. The van der Waals surface area contributed by atoms with E-state index in [1.165, 1.54) is 5.56 Å². The van der Waals surface area contributed by atoms with Gasteiger partial charge < -0.3 is 10.1 Å². The van der Waals surface area contributed by atoms with Crippen molar-refractivity contribution in [1.82, 2.24) is 10.3 Å². The molecule has 0 aliphatic heterocycles. The number of nitrogens with one attached hydrogen (secondary N) is 1. The van der Waals surface area contributed by atoms with E-state index in [9.17, 15) is 0 Å². The highest BCUT2D eigenvalue weighted by molar-refractivity contribution is 5.26. The van der Waals surface area contributed by atoms with Gasteiger partial charge in [-0.25, -0.2) is 0 Å². The SMILES string of the molecule is CCCNC(CC(C)(C)C)c1cncc(OC(C)C)c1. The van der Waals surface area contributed by atoms with Crippen LogP contribution in [-0.4, -0.2) is 17.6 Å². The predicted octanol–water partition coefficient (Wildman–Crippen LogP) is 4.35. The Morgan fingerprint density at radius 2 is 1.95 bits per heavy atom. The standard InChI is InChI=1S/C17H30N2O/c1-7-8-19-16(10-17(4,5)6)14-9-15(12-18-11-14)20-13(2)3/h9,11-13,16,19H,7-8,10H2,1-6H3. The molecule has 1 aromatic heterocycles. The summed E-state index contributed by atoms with van der Waals surface area (Å²) in [5.41, 5.74) is 1.49. The Hall–Kier alpha value is -1.09. The molecule has 3 nitrogen and oxygen atoms in total. The van der Waals surface area contributed by atoms with E-state index >= 15 is 0 Å². The summed E-state index contributed by atoms with van der Waals surface area (Å²) < 4.78 is 5.75. The largest absolute Gasteiger partial charge is 0.489 e. The summed E-state index contributed by atoms with van der Waals surface area (Å²) in [7, 11) is 0. The fourth-order valence-corrected chi connectivity index (χ4v) is 2.20. The van der Waals surface area contributed by atoms with Crippen LogP contribution in [0.4, 0.5) is 0 Å². The minimum Gasteiger partial charge on any atom is -0.489 e. The number of rotatable bonds is 7. The highest BCUT2D eigenvalue weighted by Gasteiger charge is 2.20. The Balaban J connectivity index is 2.88. The molecule has 0 spiro atoms. The summed E-state index contributed by atoms with van der Waals surface area (Å²) in [6.07, 6.45) is 6.14. The highest BCUT2D eigenvalue weighted by atomic mass is 16.5. The third kappa shape index (κ3) is 6.38. The van der Waals surface area contributed by atoms with Crippen LogP contribution >= 0.6 is 0 Å². The Morgan fingerprint density at radius 3 is 2.50 bits per heavy atom. The molecule has 1 rings (SSSR count). The molecule has 0 fully saturated rings. The van der Waals surface area contributed by atoms with Gasteiger partial charge in [-0.1, -0.05) is 27.7 Å². The van der Waals surface area contributed by atoms with Crippen molar-refractivity contribution < 1.29 is 4.74 Å². The average molecular weight is 278 g/mol. The maximum Gasteiger partial charge on any atom is 0.138 e. The number of hydrogen-bond donors (Lipinski definition) is 1. The molecule has 20 heavy (non-hydrogen) atoms. The minimum absolute atomic E-state index is 0.178. The summed E-state index contributed by atoms with van der Waals surface area (Å²) in [5.74, 6) is 0.856. The molecule has 0 aromatic carbocycles. The van der Waals surface area contributed by atoms with Crippen molar-refractivity contribution in [3.05, 3.63) is 24.0 Å². The maximum absolute atomic E-state index is 5.75. The molecular formula is C17H30N2O. The third-order valence-corrected chi connectivity index (χ3v) is 2.97. The van der Waals surface area contributed by atoms with Gasteiger partial charge in [-0.15, -0.1) is 0 Å². The van der Waals surface area contributed by atoms with Crippen molar-refractivity contribution >= 4 is 0 Å². The molecule has 0 amide bonds. The van der Waals surface area contributed by atoms with Crippen LogP contribution in [-0.2, 0) is 0 Å². The highest BCUT2D eigenvalue weighted by Crippen LogP contribution is 2.30. The number of nitrogens with zero attached hydrogens (tertiary/aromatic N) is 1. The lowest BCUT2D eigenvalue weighted by molar-refractivity contribution is 0.240. The van der Waals surface area contributed by atoms with Gasteiger partial charge in [-0.2, -0.15) is 0 Å². The van der Waals surface area contributed by atoms with E-state index < -0.39 is 0 Å². The normalized spacial score (nSPS) is 13.6. The quantitative estimate of drug-likeness (QED) is 0.805. The molecule has 1 heterocycles. The topological polar surface area (TPSA) is 34.2 Å². The first-order valence-corrected chi connectivity index (χ1v) is 7.67. The molecule has 3 heteroatoms. The Bertz CT molecular complexity index is 396. The summed E-state index contributed by atoms with van der Waals surface area (Å²) in [6.45, 7) is 14.1. The number of pyridine rings is 1. The smallest absolute Gasteiger partial charge is 0.138 e. The van der Waals surface area contributed by atoms with Crippen molar-refractivity contribution in [3.8, 4) is 5.75 Å². The van der Waals surface area contributed by atoms with Crippen LogP contribution in [0.15, 0.2) is 18.5 Å².